The monoisotopic (exact) mass is 265 g/mol. The van der Waals surface area contributed by atoms with Crippen LogP contribution in [0.4, 0.5) is 0 Å². The Morgan fingerprint density at radius 1 is 0.688 bits per heavy atom. The summed E-state index contributed by atoms with van der Waals surface area (Å²) >= 11 is 0. The Bertz CT molecular complexity index is 252. The SMILES string of the molecule is CC(=O)C(OC(C(C)=O)C(C)=O)C(C)=O.[V]. The van der Waals surface area contributed by atoms with E-state index in [-0.39, 0.29) is 18.6 Å². The van der Waals surface area contributed by atoms with E-state index in [9.17, 15) is 19.2 Å². The number of ketones is 4. The number of carbonyl (C=O) groups excluding carboxylic acids is 4. The van der Waals surface area contributed by atoms with Crippen LogP contribution in [-0.4, -0.2) is 35.3 Å². The van der Waals surface area contributed by atoms with E-state index in [0.717, 1.165) is 0 Å². The van der Waals surface area contributed by atoms with Crippen LogP contribution in [0.15, 0.2) is 0 Å². The first-order valence-electron chi connectivity index (χ1n) is 4.44. The summed E-state index contributed by atoms with van der Waals surface area (Å²) in [6, 6.07) is 0. The van der Waals surface area contributed by atoms with Gasteiger partial charge < -0.3 is 4.74 Å². The van der Waals surface area contributed by atoms with E-state index >= 15 is 0 Å². The summed E-state index contributed by atoms with van der Waals surface area (Å²) < 4.78 is 4.90. The van der Waals surface area contributed by atoms with Gasteiger partial charge in [0, 0.05) is 18.6 Å². The van der Waals surface area contributed by atoms with Gasteiger partial charge in [0.05, 0.1) is 0 Å². The molecular weight excluding hydrogens is 251 g/mol. The van der Waals surface area contributed by atoms with Crippen molar-refractivity contribution in [3.63, 3.8) is 0 Å². The largest absolute Gasteiger partial charge is 0.344 e. The number of hydrogen-bond donors (Lipinski definition) is 0. The zero-order chi connectivity index (χ0) is 12.2. The molecule has 0 spiro atoms. The van der Waals surface area contributed by atoms with Crippen LogP contribution in [0.1, 0.15) is 27.7 Å². The van der Waals surface area contributed by atoms with Gasteiger partial charge in [-0.05, 0) is 27.7 Å². The molecule has 89 valence electrons. The smallest absolute Gasteiger partial charge is 0.175 e. The van der Waals surface area contributed by atoms with E-state index in [4.69, 9.17) is 4.74 Å². The summed E-state index contributed by atoms with van der Waals surface area (Å²) in [6.45, 7) is 4.68. The molecule has 5 nitrogen and oxygen atoms in total. The Morgan fingerprint density at radius 3 is 1.00 bits per heavy atom. The van der Waals surface area contributed by atoms with E-state index in [1.807, 2.05) is 0 Å². The van der Waals surface area contributed by atoms with Crippen LogP contribution in [0.25, 0.3) is 0 Å². The second kappa shape index (κ2) is 7.49. The number of carbonyl (C=O) groups is 4. The Kier molecular flexibility index (Phi) is 8.25. The quantitative estimate of drug-likeness (QED) is 0.636. The summed E-state index contributed by atoms with van der Waals surface area (Å²) in [5.74, 6) is -2.07. The van der Waals surface area contributed by atoms with Gasteiger partial charge in [0.2, 0.25) is 0 Å². The second-order valence-corrected chi connectivity index (χ2v) is 3.34. The molecule has 0 unspecified atom stereocenters. The number of Topliss-reactive ketones (excluding diaryl/α,β-unsaturated/α-hetero) is 4. The second-order valence-electron chi connectivity index (χ2n) is 3.34. The topological polar surface area (TPSA) is 77.5 Å². The molecule has 6 heteroatoms. The third-order valence-corrected chi connectivity index (χ3v) is 1.75. The molecule has 0 rings (SSSR count). The Labute approximate surface area is 106 Å². The Morgan fingerprint density at radius 2 is 0.875 bits per heavy atom. The molecule has 0 aliphatic carbocycles. The maximum atomic E-state index is 11.0. The molecule has 0 atom stereocenters. The number of rotatable bonds is 6. The average Bonchev–Trinajstić information content (AvgIpc) is 2.01. The normalized spacial score (nSPS) is 9.88. The van der Waals surface area contributed by atoms with Crippen LogP contribution in [0.5, 0.6) is 0 Å². The molecule has 0 aliphatic rings. The van der Waals surface area contributed by atoms with E-state index in [1.54, 1.807) is 0 Å². The molecule has 0 fully saturated rings. The Balaban J connectivity index is 0. The average molecular weight is 265 g/mol. The summed E-state index contributed by atoms with van der Waals surface area (Å²) in [6.07, 6.45) is -2.66. The minimum absolute atomic E-state index is 0. The van der Waals surface area contributed by atoms with Crippen molar-refractivity contribution >= 4 is 23.1 Å². The van der Waals surface area contributed by atoms with E-state index in [2.05, 4.69) is 0 Å². The summed E-state index contributed by atoms with van der Waals surface area (Å²) in [4.78, 5) is 44.0. The van der Waals surface area contributed by atoms with E-state index in [0.29, 0.717) is 0 Å². The van der Waals surface area contributed by atoms with E-state index < -0.39 is 35.3 Å². The van der Waals surface area contributed by atoms with Gasteiger partial charge in [0.15, 0.2) is 35.3 Å². The summed E-state index contributed by atoms with van der Waals surface area (Å²) in [5, 5.41) is 0. The van der Waals surface area contributed by atoms with Gasteiger partial charge in [-0.2, -0.15) is 0 Å². The van der Waals surface area contributed by atoms with Crippen molar-refractivity contribution in [2.45, 2.75) is 39.9 Å². The van der Waals surface area contributed by atoms with Gasteiger partial charge in [0.25, 0.3) is 0 Å². The molecule has 16 heavy (non-hydrogen) atoms. The molecule has 0 saturated heterocycles. The maximum absolute atomic E-state index is 11.0. The van der Waals surface area contributed by atoms with Gasteiger partial charge in [-0.25, -0.2) is 0 Å². The van der Waals surface area contributed by atoms with Crippen LogP contribution in [0.3, 0.4) is 0 Å². The van der Waals surface area contributed by atoms with Crippen LogP contribution in [0, 0.1) is 0 Å². The third-order valence-electron chi connectivity index (χ3n) is 1.75. The van der Waals surface area contributed by atoms with Crippen molar-refractivity contribution in [3.05, 3.63) is 0 Å². The predicted octanol–water partition coefficient (Wildman–Crippen LogP) is 0.0937. The fourth-order valence-corrected chi connectivity index (χ4v) is 1.09. The number of ether oxygens (including phenoxy) is 1. The first-order chi connectivity index (χ1) is 6.77. The summed E-state index contributed by atoms with van der Waals surface area (Å²) in [7, 11) is 0. The standard InChI is InChI=1S/C10H14O5.V/c1-5(11)9(6(2)12)15-10(7(3)13)8(4)14;/h9-10H,1-4H3;. The molecule has 0 bridgehead atoms. The van der Waals surface area contributed by atoms with Crippen molar-refractivity contribution in [2.24, 2.45) is 0 Å². The van der Waals surface area contributed by atoms with Crippen LogP contribution < -0.4 is 0 Å². The van der Waals surface area contributed by atoms with Gasteiger partial charge in [0.1, 0.15) is 0 Å². The molecule has 0 saturated carbocycles. The summed E-state index contributed by atoms with van der Waals surface area (Å²) in [5.41, 5.74) is 0. The van der Waals surface area contributed by atoms with Crippen molar-refractivity contribution in [1.82, 2.24) is 0 Å². The molecule has 0 heterocycles. The van der Waals surface area contributed by atoms with Crippen molar-refractivity contribution in [2.75, 3.05) is 0 Å². The zero-order valence-electron chi connectivity index (χ0n) is 9.64. The van der Waals surface area contributed by atoms with Crippen molar-refractivity contribution in [1.29, 1.82) is 0 Å². The molecule has 0 aromatic carbocycles. The molecular formula is C10H14O5V. The van der Waals surface area contributed by atoms with E-state index in [1.165, 1.54) is 27.7 Å². The van der Waals surface area contributed by atoms with Gasteiger partial charge in [-0.3, -0.25) is 19.2 Å². The molecule has 0 aliphatic heterocycles. The van der Waals surface area contributed by atoms with Crippen LogP contribution >= 0.6 is 0 Å². The maximum Gasteiger partial charge on any atom is 0.175 e. The van der Waals surface area contributed by atoms with Gasteiger partial charge in [-0.1, -0.05) is 0 Å². The predicted molar refractivity (Wildman–Crippen MR) is 51.4 cm³/mol. The van der Waals surface area contributed by atoms with Crippen molar-refractivity contribution in [3.8, 4) is 0 Å². The molecule has 1 radical (unpaired) electrons. The molecule has 0 aromatic rings. The van der Waals surface area contributed by atoms with Gasteiger partial charge in [-0.15, -0.1) is 0 Å². The fraction of sp³-hybridized carbons (Fsp3) is 0.600. The number of hydrogen-bond acceptors (Lipinski definition) is 5. The molecule has 0 N–H and O–H groups in total. The Hall–Kier alpha value is -0.776. The molecule has 0 amide bonds. The minimum Gasteiger partial charge on any atom is -0.344 e. The first kappa shape index (κ1) is 17.6. The zero-order valence-corrected chi connectivity index (χ0v) is 11.0. The fourth-order valence-electron chi connectivity index (χ4n) is 1.09. The van der Waals surface area contributed by atoms with Gasteiger partial charge >= 0.3 is 0 Å². The van der Waals surface area contributed by atoms with Crippen molar-refractivity contribution < 1.29 is 42.5 Å². The van der Waals surface area contributed by atoms with Crippen LogP contribution in [-0.2, 0) is 42.5 Å². The first-order valence-corrected chi connectivity index (χ1v) is 4.44. The molecule has 0 aromatic heterocycles. The minimum atomic E-state index is -1.33. The third kappa shape index (κ3) is 5.35. The van der Waals surface area contributed by atoms with Crippen LogP contribution in [0.2, 0.25) is 0 Å².